The maximum Gasteiger partial charge on any atom is 2.00 e. The minimum atomic E-state index is -1.65. The zero-order chi connectivity index (χ0) is 23.1. The van der Waals surface area contributed by atoms with Crippen molar-refractivity contribution in [3.8, 4) is 22.8 Å². The third-order valence-electron chi connectivity index (χ3n) is 4.10. The van der Waals surface area contributed by atoms with Crippen molar-refractivity contribution in [3.63, 3.8) is 0 Å². The Balaban J connectivity index is -0.000000565. The number of benzene rings is 1. The van der Waals surface area contributed by atoms with Crippen molar-refractivity contribution in [1.29, 1.82) is 0 Å². The van der Waals surface area contributed by atoms with Crippen LogP contribution in [-0.4, -0.2) is 43.3 Å². The molecule has 0 amide bonds. The molecule has 0 fully saturated rings. The van der Waals surface area contributed by atoms with Crippen molar-refractivity contribution in [3.05, 3.63) is 100 Å². The molecule has 9 N–H and O–H groups in total. The number of carbonyl (C=O) groups excluding carboxylic acids is 2. The monoisotopic (exact) mass is 601 g/mol. The number of hydrogen-bond donors (Lipinski definition) is 0. The van der Waals surface area contributed by atoms with Crippen molar-refractivity contribution >= 4 is 35.1 Å². The van der Waals surface area contributed by atoms with Crippen LogP contribution in [0.5, 0.6) is 0 Å². The van der Waals surface area contributed by atoms with Crippen LogP contribution >= 0.6 is 23.2 Å². The quantitative estimate of drug-likeness (QED) is 0.219. The van der Waals surface area contributed by atoms with Gasteiger partial charge in [0.05, 0.1) is 44.8 Å². The van der Waals surface area contributed by atoms with Crippen LogP contribution in [0.2, 0.25) is 10.0 Å². The first-order chi connectivity index (χ1) is 15.4. The topological polar surface area (TPSA) is 246 Å². The van der Waals surface area contributed by atoms with E-state index >= 15 is 0 Å². The van der Waals surface area contributed by atoms with Gasteiger partial charge < -0.3 is 41.7 Å². The molecule has 1 aromatic carbocycles. The van der Waals surface area contributed by atoms with Crippen molar-refractivity contribution in [2.75, 3.05) is 0 Å². The van der Waals surface area contributed by atoms with E-state index in [4.69, 9.17) is 23.2 Å². The Labute approximate surface area is 231 Å². The van der Waals surface area contributed by atoms with Gasteiger partial charge in [-0.3, -0.25) is 9.97 Å². The summed E-state index contributed by atoms with van der Waals surface area (Å²) in [4.78, 5) is 34.2. The molecule has 3 aromatic heterocycles. The summed E-state index contributed by atoms with van der Waals surface area (Å²) in [7, 11) is 0. The molecule has 0 aliphatic carbocycles. The summed E-state index contributed by atoms with van der Waals surface area (Å²) in [5, 5.41) is 20.9. The Morgan fingerprint density at radius 1 is 0.622 bits per heavy atom. The van der Waals surface area contributed by atoms with Gasteiger partial charge in [0, 0.05) is 23.5 Å². The van der Waals surface area contributed by atoms with E-state index in [0.717, 1.165) is 34.9 Å². The van der Waals surface area contributed by atoms with Gasteiger partial charge in [0.1, 0.15) is 0 Å². The van der Waals surface area contributed by atoms with Crippen LogP contribution in [0.25, 0.3) is 22.8 Å². The third-order valence-corrected chi connectivity index (χ3v) is 4.83. The maximum absolute atomic E-state index is 10.5. The van der Waals surface area contributed by atoms with Crippen LogP contribution in [0.3, 0.4) is 0 Å². The smallest absolute Gasteiger partial charge is 0.545 e. The van der Waals surface area contributed by atoms with E-state index in [1.54, 1.807) is 12.4 Å². The Morgan fingerprint density at radius 2 is 0.973 bits per heavy atom. The fourth-order valence-electron chi connectivity index (χ4n) is 2.63. The van der Waals surface area contributed by atoms with Crippen molar-refractivity contribution < 1.29 is 58.8 Å². The van der Waals surface area contributed by atoms with Gasteiger partial charge in [-0.25, -0.2) is 4.98 Å². The molecular formula is C23H22Cl2CuN3O8+. The predicted octanol–water partition coefficient (Wildman–Crippen LogP) is -0.473. The summed E-state index contributed by atoms with van der Waals surface area (Å²) < 4.78 is 0. The van der Waals surface area contributed by atoms with Crippen molar-refractivity contribution in [2.24, 2.45) is 0 Å². The average Bonchev–Trinajstić information content (AvgIpc) is 2.82. The van der Waals surface area contributed by atoms with E-state index in [1.807, 2.05) is 54.6 Å². The van der Waals surface area contributed by atoms with E-state index in [9.17, 15) is 19.8 Å². The minimum Gasteiger partial charge on any atom is -0.545 e. The molecule has 0 saturated heterocycles. The number of carboxylic acid groups (broad SMARTS) is 2. The van der Waals surface area contributed by atoms with E-state index < -0.39 is 23.1 Å². The molecule has 0 aliphatic heterocycles. The predicted molar refractivity (Wildman–Crippen MR) is 132 cm³/mol. The number of rotatable bonds is 4. The van der Waals surface area contributed by atoms with Crippen LogP contribution in [0.1, 0.15) is 20.7 Å². The van der Waals surface area contributed by atoms with Crippen LogP contribution < -0.4 is 10.2 Å². The molecular weight excluding hydrogens is 581 g/mol. The SMILES string of the molecule is O.O.O.O=C([O-])c1cc(Cl)c(Cl)cc1C(=O)[O-].[Cu+2].[OH3+].c1ccc(-c2cccc(-c3ccccn3)n2)nc1. The minimum absolute atomic E-state index is 0. The van der Waals surface area contributed by atoms with Gasteiger partial charge in [-0.05, 0) is 48.5 Å². The molecule has 3 heterocycles. The first kappa shape index (κ1) is 38.1. The summed E-state index contributed by atoms with van der Waals surface area (Å²) in [6, 6.07) is 19.3. The molecule has 201 valence electrons. The third kappa shape index (κ3) is 10.2. The number of carboxylic acids is 2. The summed E-state index contributed by atoms with van der Waals surface area (Å²) in [6.07, 6.45) is 3.54. The Kier molecular flexibility index (Phi) is 18.4. The number of carbonyl (C=O) groups is 2. The van der Waals surface area contributed by atoms with Gasteiger partial charge in [-0.2, -0.15) is 0 Å². The van der Waals surface area contributed by atoms with Crippen molar-refractivity contribution in [1.82, 2.24) is 15.0 Å². The number of nitrogens with zero attached hydrogens (tertiary/aromatic N) is 3. The Hall–Kier alpha value is -3.45. The standard InChI is InChI=1S/C15H11N3.C8H4Cl2O4.Cu.4H2O/c1-3-10-16-12(6-1)14-8-5-9-15(18-14)13-7-2-4-11-17-13;9-5-1-3(7(11)12)4(8(13)14)2-6(5)10;;;;;/h1-11H;1-2H,(H,11,12)(H,13,14);;4*1H2/q;;+2;;;;/p-1. The number of aromatic carboxylic acids is 2. The molecule has 4 aromatic rings. The first-order valence-electron chi connectivity index (χ1n) is 9.08. The summed E-state index contributed by atoms with van der Waals surface area (Å²) in [5.74, 6) is -3.30. The van der Waals surface area contributed by atoms with Gasteiger partial charge in [0.2, 0.25) is 0 Å². The van der Waals surface area contributed by atoms with Gasteiger partial charge >= 0.3 is 17.1 Å². The number of aromatic nitrogens is 3. The molecule has 0 atom stereocenters. The number of pyridine rings is 3. The van der Waals surface area contributed by atoms with E-state index in [-0.39, 0.29) is 49.0 Å². The second kappa shape index (κ2) is 17.9. The molecule has 1 radical (unpaired) electrons. The normalized spacial score (nSPS) is 8.70. The van der Waals surface area contributed by atoms with Gasteiger partial charge in [-0.1, -0.05) is 41.4 Å². The molecule has 11 nitrogen and oxygen atoms in total. The van der Waals surface area contributed by atoms with Gasteiger partial charge in [0.25, 0.3) is 0 Å². The maximum atomic E-state index is 10.5. The van der Waals surface area contributed by atoms with E-state index in [0.29, 0.717) is 0 Å². The fraction of sp³-hybridized carbons (Fsp3) is 0. The molecule has 37 heavy (non-hydrogen) atoms. The second-order valence-corrected chi connectivity index (χ2v) is 7.04. The molecule has 4 rings (SSSR count). The molecule has 0 aliphatic rings. The summed E-state index contributed by atoms with van der Waals surface area (Å²) in [5.41, 5.74) is 2.35. The molecule has 0 saturated carbocycles. The van der Waals surface area contributed by atoms with Crippen LogP contribution in [0, 0.1) is 0 Å². The fourth-order valence-corrected chi connectivity index (χ4v) is 2.96. The first-order valence-corrected chi connectivity index (χ1v) is 9.84. The van der Waals surface area contributed by atoms with Crippen LogP contribution in [0.15, 0.2) is 79.1 Å². The van der Waals surface area contributed by atoms with Crippen LogP contribution in [-0.2, 0) is 22.5 Å². The molecule has 0 unspecified atom stereocenters. The van der Waals surface area contributed by atoms with E-state index in [2.05, 4.69) is 15.0 Å². The number of hydrogen-bond acceptors (Lipinski definition) is 7. The van der Waals surface area contributed by atoms with Gasteiger partial charge in [-0.15, -0.1) is 0 Å². The van der Waals surface area contributed by atoms with Crippen LogP contribution in [0.4, 0.5) is 0 Å². The Bertz CT molecular complexity index is 1180. The van der Waals surface area contributed by atoms with E-state index in [1.165, 1.54) is 0 Å². The van der Waals surface area contributed by atoms with Gasteiger partial charge in [0.15, 0.2) is 0 Å². The second-order valence-electron chi connectivity index (χ2n) is 6.22. The molecule has 0 bridgehead atoms. The summed E-state index contributed by atoms with van der Waals surface area (Å²) >= 11 is 11.0. The largest absolute Gasteiger partial charge is 2.00 e. The summed E-state index contributed by atoms with van der Waals surface area (Å²) in [6.45, 7) is 0. The van der Waals surface area contributed by atoms with Crippen molar-refractivity contribution in [2.45, 2.75) is 0 Å². The molecule has 0 spiro atoms. The molecule has 14 heteroatoms. The Morgan fingerprint density at radius 3 is 1.27 bits per heavy atom. The number of halogens is 2. The average molecular weight is 603 g/mol. The zero-order valence-corrected chi connectivity index (χ0v) is 21.1. The zero-order valence-electron chi connectivity index (χ0n) is 18.6.